The largest absolute Gasteiger partial charge is 0.334 e. The van der Waals surface area contributed by atoms with Gasteiger partial charge in [0.2, 0.25) is 5.91 Å². The van der Waals surface area contributed by atoms with E-state index in [1.165, 1.54) is 11.6 Å². The molecule has 2 heterocycles. The zero-order valence-corrected chi connectivity index (χ0v) is 11.6. The molecule has 1 aliphatic heterocycles. The molecule has 0 aromatic carbocycles. The number of amides is 1. The monoisotopic (exact) mass is 256 g/mol. The Morgan fingerprint density at radius 1 is 1.47 bits per heavy atom. The van der Waals surface area contributed by atoms with E-state index < -0.39 is 0 Å². The van der Waals surface area contributed by atoms with Crippen molar-refractivity contribution in [3.8, 4) is 0 Å². The van der Waals surface area contributed by atoms with Crippen molar-refractivity contribution in [1.82, 2.24) is 9.88 Å². The second-order valence-electron chi connectivity index (χ2n) is 5.11. The SMILES string of the molecule is C=CC(=O)N1CCC=C(c2ccc(C(C)C)cn2)C1. The maximum atomic E-state index is 11.6. The van der Waals surface area contributed by atoms with Crippen molar-refractivity contribution in [2.24, 2.45) is 0 Å². The molecule has 0 spiro atoms. The van der Waals surface area contributed by atoms with Gasteiger partial charge in [-0.25, -0.2) is 0 Å². The molecule has 0 aliphatic carbocycles. The summed E-state index contributed by atoms with van der Waals surface area (Å²) in [5.41, 5.74) is 3.32. The van der Waals surface area contributed by atoms with Gasteiger partial charge in [-0.3, -0.25) is 9.78 Å². The van der Waals surface area contributed by atoms with Crippen molar-refractivity contribution in [2.75, 3.05) is 13.1 Å². The van der Waals surface area contributed by atoms with Crippen molar-refractivity contribution in [3.05, 3.63) is 48.3 Å². The molecular formula is C16H20N2O. The summed E-state index contributed by atoms with van der Waals surface area (Å²) >= 11 is 0. The summed E-state index contributed by atoms with van der Waals surface area (Å²) in [4.78, 5) is 18.0. The van der Waals surface area contributed by atoms with E-state index in [4.69, 9.17) is 0 Å². The van der Waals surface area contributed by atoms with Crippen molar-refractivity contribution in [2.45, 2.75) is 26.2 Å². The number of nitrogens with zero attached hydrogens (tertiary/aromatic N) is 2. The molecule has 0 saturated heterocycles. The minimum Gasteiger partial charge on any atom is -0.334 e. The first kappa shape index (κ1) is 13.5. The zero-order valence-electron chi connectivity index (χ0n) is 11.6. The summed E-state index contributed by atoms with van der Waals surface area (Å²) in [6, 6.07) is 4.16. The van der Waals surface area contributed by atoms with Crippen molar-refractivity contribution >= 4 is 11.5 Å². The molecule has 1 aliphatic rings. The predicted octanol–water partition coefficient (Wildman–Crippen LogP) is 3.01. The molecule has 100 valence electrons. The molecule has 0 radical (unpaired) electrons. The van der Waals surface area contributed by atoms with Crippen LogP contribution in [0, 0.1) is 0 Å². The molecule has 0 bridgehead atoms. The Labute approximate surface area is 114 Å². The molecule has 0 atom stereocenters. The second-order valence-corrected chi connectivity index (χ2v) is 5.11. The van der Waals surface area contributed by atoms with Crippen LogP contribution in [0.1, 0.15) is 37.4 Å². The van der Waals surface area contributed by atoms with E-state index in [0.29, 0.717) is 12.5 Å². The van der Waals surface area contributed by atoms with Crippen molar-refractivity contribution < 1.29 is 4.79 Å². The second kappa shape index (κ2) is 5.83. The minimum absolute atomic E-state index is 0.00981. The molecule has 3 heteroatoms. The summed E-state index contributed by atoms with van der Waals surface area (Å²) in [6.45, 7) is 9.23. The third-order valence-electron chi connectivity index (χ3n) is 3.42. The van der Waals surface area contributed by atoms with Crippen LogP contribution in [0.5, 0.6) is 0 Å². The van der Waals surface area contributed by atoms with E-state index >= 15 is 0 Å². The van der Waals surface area contributed by atoms with E-state index in [1.807, 2.05) is 12.3 Å². The smallest absolute Gasteiger partial charge is 0.246 e. The number of hydrogen-bond acceptors (Lipinski definition) is 2. The summed E-state index contributed by atoms with van der Waals surface area (Å²) in [7, 11) is 0. The van der Waals surface area contributed by atoms with E-state index in [0.717, 1.165) is 24.2 Å². The van der Waals surface area contributed by atoms with Crippen LogP contribution < -0.4 is 0 Å². The third-order valence-corrected chi connectivity index (χ3v) is 3.42. The Morgan fingerprint density at radius 3 is 2.84 bits per heavy atom. The summed E-state index contributed by atoms with van der Waals surface area (Å²) < 4.78 is 0. The molecule has 3 nitrogen and oxygen atoms in total. The lowest BCUT2D eigenvalue weighted by Crippen LogP contribution is -2.34. The number of carbonyl (C=O) groups excluding carboxylic acids is 1. The number of carbonyl (C=O) groups is 1. The molecule has 1 aromatic heterocycles. The lowest BCUT2D eigenvalue weighted by atomic mass is 10.0. The number of hydrogen-bond donors (Lipinski definition) is 0. The molecule has 0 unspecified atom stereocenters. The molecule has 1 amide bonds. The highest BCUT2D eigenvalue weighted by Crippen LogP contribution is 2.21. The molecule has 19 heavy (non-hydrogen) atoms. The van der Waals surface area contributed by atoms with Gasteiger partial charge in [0.05, 0.1) is 5.69 Å². The summed E-state index contributed by atoms with van der Waals surface area (Å²) in [6.07, 6.45) is 6.35. The van der Waals surface area contributed by atoms with Gasteiger partial charge in [-0.15, -0.1) is 0 Å². The van der Waals surface area contributed by atoms with Crippen molar-refractivity contribution in [3.63, 3.8) is 0 Å². The zero-order chi connectivity index (χ0) is 13.8. The Kier molecular flexibility index (Phi) is 4.15. The van der Waals surface area contributed by atoms with Gasteiger partial charge >= 0.3 is 0 Å². The molecule has 2 rings (SSSR count). The predicted molar refractivity (Wildman–Crippen MR) is 77.7 cm³/mol. The van der Waals surface area contributed by atoms with Gasteiger partial charge in [-0.1, -0.05) is 32.6 Å². The first-order valence-electron chi connectivity index (χ1n) is 6.68. The highest BCUT2D eigenvalue weighted by Gasteiger charge is 2.17. The third kappa shape index (κ3) is 3.11. The van der Waals surface area contributed by atoms with Crippen LogP contribution >= 0.6 is 0 Å². The van der Waals surface area contributed by atoms with Crippen LogP contribution in [-0.2, 0) is 4.79 Å². The normalized spacial score (nSPS) is 15.3. The van der Waals surface area contributed by atoms with Crippen LogP contribution in [-0.4, -0.2) is 28.9 Å². The fourth-order valence-electron chi connectivity index (χ4n) is 2.18. The van der Waals surface area contributed by atoms with Crippen LogP contribution in [0.4, 0.5) is 0 Å². The summed E-state index contributed by atoms with van der Waals surface area (Å²) in [5.74, 6) is 0.477. The maximum Gasteiger partial charge on any atom is 0.246 e. The fraction of sp³-hybridized carbons (Fsp3) is 0.375. The molecule has 0 saturated carbocycles. The quantitative estimate of drug-likeness (QED) is 0.779. The average Bonchev–Trinajstić information content (AvgIpc) is 2.46. The van der Waals surface area contributed by atoms with Gasteiger partial charge in [-0.2, -0.15) is 0 Å². The molecular weight excluding hydrogens is 236 g/mol. The maximum absolute atomic E-state index is 11.6. The first-order valence-corrected chi connectivity index (χ1v) is 6.68. The number of aromatic nitrogens is 1. The van der Waals surface area contributed by atoms with E-state index in [-0.39, 0.29) is 5.91 Å². The average molecular weight is 256 g/mol. The fourth-order valence-corrected chi connectivity index (χ4v) is 2.18. The topological polar surface area (TPSA) is 33.2 Å². The van der Waals surface area contributed by atoms with Crippen LogP contribution in [0.2, 0.25) is 0 Å². The van der Waals surface area contributed by atoms with Gasteiger partial charge in [0.1, 0.15) is 0 Å². The van der Waals surface area contributed by atoms with E-state index in [9.17, 15) is 4.79 Å². The Morgan fingerprint density at radius 2 is 2.26 bits per heavy atom. The van der Waals surface area contributed by atoms with Crippen LogP contribution in [0.25, 0.3) is 5.57 Å². The minimum atomic E-state index is -0.00981. The first-order chi connectivity index (χ1) is 9.11. The number of pyridine rings is 1. The van der Waals surface area contributed by atoms with Crippen LogP contribution in [0.3, 0.4) is 0 Å². The lowest BCUT2D eigenvalue weighted by Gasteiger charge is -2.26. The summed E-state index contributed by atoms with van der Waals surface area (Å²) in [5, 5.41) is 0. The molecule has 0 fully saturated rings. The number of rotatable bonds is 3. The van der Waals surface area contributed by atoms with Gasteiger partial charge in [0.25, 0.3) is 0 Å². The molecule has 0 N–H and O–H groups in total. The van der Waals surface area contributed by atoms with Crippen molar-refractivity contribution in [1.29, 1.82) is 0 Å². The standard InChI is InChI=1S/C16H20N2O/c1-4-16(19)18-9-5-6-14(11-18)15-8-7-13(10-17-15)12(2)3/h4,6-8,10,12H,1,5,9,11H2,2-3H3. The Balaban J connectivity index is 2.15. The Bertz CT molecular complexity index is 500. The van der Waals surface area contributed by atoms with E-state index in [2.05, 4.69) is 37.6 Å². The van der Waals surface area contributed by atoms with Gasteiger partial charge < -0.3 is 4.90 Å². The lowest BCUT2D eigenvalue weighted by molar-refractivity contribution is -0.125. The van der Waals surface area contributed by atoms with E-state index in [1.54, 1.807) is 4.90 Å². The highest BCUT2D eigenvalue weighted by atomic mass is 16.2. The van der Waals surface area contributed by atoms with Crippen LogP contribution in [0.15, 0.2) is 37.1 Å². The van der Waals surface area contributed by atoms with Gasteiger partial charge in [0.15, 0.2) is 0 Å². The Hall–Kier alpha value is -1.90. The van der Waals surface area contributed by atoms with Gasteiger partial charge in [-0.05, 0) is 35.6 Å². The highest BCUT2D eigenvalue weighted by molar-refractivity contribution is 5.88. The molecule has 1 aromatic rings. The van der Waals surface area contributed by atoms with Gasteiger partial charge in [0, 0.05) is 19.3 Å².